The predicted octanol–water partition coefficient (Wildman–Crippen LogP) is 3.18. The van der Waals surface area contributed by atoms with Gasteiger partial charge in [0, 0.05) is 18.4 Å². The lowest BCUT2D eigenvalue weighted by atomic mass is 10.1. The van der Waals surface area contributed by atoms with Crippen LogP contribution in [0.15, 0.2) is 16.3 Å². The topological polar surface area (TPSA) is 135 Å². The average Bonchev–Trinajstić information content (AvgIpc) is 3.01. The lowest BCUT2D eigenvalue weighted by Gasteiger charge is -2.14. The zero-order chi connectivity index (χ0) is 23.6. The van der Waals surface area contributed by atoms with Gasteiger partial charge in [0.05, 0.1) is 12.2 Å². The van der Waals surface area contributed by atoms with Crippen LogP contribution in [-0.4, -0.2) is 44.2 Å². The average molecular weight is 481 g/mol. The van der Waals surface area contributed by atoms with E-state index in [9.17, 15) is 31.2 Å². The Kier molecular flexibility index (Phi) is 7.28. The number of carbonyl (C=O) groups excluding carboxylic acids is 1. The molecule has 2 rings (SSSR count). The van der Waals surface area contributed by atoms with E-state index in [-0.39, 0.29) is 4.21 Å². The van der Waals surface area contributed by atoms with Gasteiger partial charge in [-0.1, -0.05) is 0 Å². The highest BCUT2D eigenvalue weighted by atomic mass is 32.2. The van der Waals surface area contributed by atoms with Gasteiger partial charge >= 0.3 is 18.2 Å². The molecule has 0 bridgehead atoms. The number of aryl methyl sites for hydroxylation is 1. The molecule has 2 aromatic heterocycles. The molecule has 0 saturated carbocycles. The van der Waals surface area contributed by atoms with Crippen molar-refractivity contribution in [2.45, 2.75) is 30.7 Å². The highest BCUT2D eigenvalue weighted by Gasteiger charge is 2.35. The largest absolute Gasteiger partial charge is 0.477 e. The van der Waals surface area contributed by atoms with E-state index in [2.05, 4.69) is 4.98 Å². The first-order chi connectivity index (χ1) is 14.3. The smallest absolute Gasteiger partial charge is 0.416 e. The van der Waals surface area contributed by atoms with Crippen molar-refractivity contribution in [1.82, 2.24) is 9.71 Å². The molecule has 2 heterocycles. The van der Waals surface area contributed by atoms with Crippen LogP contribution in [0, 0.1) is 13.8 Å². The molecule has 0 unspecified atom stereocenters. The Morgan fingerprint density at radius 3 is 2.45 bits per heavy atom. The number of carboxylic acid groups (broad SMARTS) is 1. The van der Waals surface area contributed by atoms with Gasteiger partial charge in [-0.3, -0.25) is 5.32 Å². The second-order valence-corrected chi connectivity index (χ2v) is 9.35. The zero-order valence-corrected chi connectivity index (χ0v) is 18.1. The summed E-state index contributed by atoms with van der Waals surface area (Å²) in [6, 6.07) is 0.372. The van der Waals surface area contributed by atoms with E-state index < -0.39 is 50.8 Å². The van der Waals surface area contributed by atoms with Crippen LogP contribution in [0.3, 0.4) is 0 Å². The Bertz CT molecular complexity index is 1110. The summed E-state index contributed by atoms with van der Waals surface area (Å²) in [5.41, 5.74) is -2.22. The van der Waals surface area contributed by atoms with Crippen molar-refractivity contribution in [3.63, 3.8) is 0 Å². The number of urea groups is 1. The highest BCUT2D eigenvalue weighted by molar-refractivity contribution is 7.92. The number of thiophene rings is 1. The van der Waals surface area contributed by atoms with Crippen molar-refractivity contribution in [1.29, 1.82) is 0 Å². The van der Waals surface area contributed by atoms with E-state index >= 15 is 0 Å². The van der Waals surface area contributed by atoms with E-state index in [1.807, 2.05) is 5.32 Å². The van der Waals surface area contributed by atoms with Crippen LogP contribution >= 0.6 is 11.3 Å². The number of nitrogens with one attached hydrogen (secondary N) is 2. The summed E-state index contributed by atoms with van der Waals surface area (Å²) in [7, 11) is -2.84. The van der Waals surface area contributed by atoms with Crippen LogP contribution in [0.1, 0.15) is 32.1 Å². The van der Waals surface area contributed by atoms with Gasteiger partial charge < -0.3 is 9.84 Å². The summed E-state index contributed by atoms with van der Waals surface area (Å²) in [4.78, 5) is 27.5. The molecule has 14 heteroatoms. The van der Waals surface area contributed by atoms with E-state index in [1.54, 1.807) is 11.6 Å². The standard InChI is InChI=1S/C17H18F3N3O6S2/c1-8-6-13(30-11(8)4-5-29-3)31(27,28)23-16(26)22-12-7-10(17(18,19)20)9(2)14(21-12)15(24)25/h6-7H,4-5H2,1-3H3,(H,24,25)(H2,21,22,23,26). The second-order valence-electron chi connectivity index (χ2n) is 6.31. The molecular weight excluding hydrogens is 463 g/mol. The Labute approximate surface area is 179 Å². The third kappa shape index (κ3) is 5.92. The SMILES string of the molecule is COCCc1sc(S(=O)(=O)NC(=O)Nc2cc(C(F)(F)F)c(C)c(C(=O)O)n2)cc1C. The molecule has 0 aromatic carbocycles. The second kappa shape index (κ2) is 9.20. The lowest BCUT2D eigenvalue weighted by molar-refractivity contribution is -0.138. The van der Waals surface area contributed by atoms with Crippen molar-refractivity contribution >= 4 is 39.2 Å². The minimum atomic E-state index is -4.91. The Morgan fingerprint density at radius 1 is 1.26 bits per heavy atom. The predicted molar refractivity (Wildman–Crippen MR) is 105 cm³/mol. The van der Waals surface area contributed by atoms with Crippen molar-refractivity contribution in [3.8, 4) is 0 Å². The summed E-state index contributed by atoms with van der Waals surface area (Å²) < 4.78 is 70.9. The fourth-order valence-corrected chi connectivity index (χ4v) is 5.03. The molecule has 0 aliphatic heterocycles. The maximum absolute atomic E-state index is 13.2. The first-order valence-electron chi connectivity index (χ1n) is 8.50. The first-order valence-corrected chi connectivity index (χ1v) is 10.8. The third-order valence-electron chi connectivity index (χ3n) is 4.05. The number of aromatic carboxylic acids is 1. The molecule has 0 aliphatic rings. The highest BCUT2D eigenvalue weighted by Crippen LogP contribution is 2.34. The monoisotopic (exact) mass is 481 g/mol. The van der Waals surface area contributed by atoms with Crippen LogP contribution in [0.2, 0.25) is 0 Å². The summed E-state index contributed by atoms with van der Waals surface area (Å²) >= 11 is 0.916. The zero-order valence-electron chi connectivity index (χ0n) is 16.5. The number of aromatic nitrogens is 1. The van der Waals surface area contributed by atoms with Crippen LogP contribution < -0.4 is 10.0 Å². The number of nitrogens with zero attached hydrogens (tertiary/aromatic N) is 1. The van der Waals surface area contributed by atoms with E-state index in [1.165, 1.54) is 13.2 Å². The molecule has 0 aliphatic carbocycles. The fraction of sp³-hybridized carbons (Fsp3) is 0.353. The van der Waals surface area contributed by atoms with Gasteiger partial charge in [-0.15, -0.1) is 11.3 Å². The number of hydrogen-bond acceptors (Lipinski definition) is 7. The number of pyridine rings is 1. The fourth-order valence-electron chi connectivity index (χ4n) is 2.55. The van der Waals surface area contributed by atoms with Gasteiger partial charge in [0.25, 0.3) is 10.0 Å². The number of hydrogen-bond donors (Lipinski definition) is 3. The molecular formula is C17H18F3N3O6S2. The first kappa shape index (κ1) is 24.6. The quantitative estimate of drug-likeness (QED) is 0.553. The number of rotatable bonds is 7. The Balaban J connectivity index is 2.27. The van der Waals surface area contributed by atoms with Gasteiger partial charge in [-0.2, -0.15) is 13.2 Å². The summed E-state index contributed by atoms with van der Waals surface area (Å²) in [5.74, 6) is -2.51. The normalized spacial score (nSPS) is 11.9. The number of halogens is 3. The van der Waals surface area contributed by atoms with Gasteiger partial charge in [-0.25, -0.2) is 27.7 Å². The van der Waals surface area contributed by atoms with E-state index in [4.69, 9.17) is 9.84 Å². The minimum absolute atomic E-state index is 0.176. The Hall–Kier alpha value is -2.71. The number of carbonyl (C=O) groups is 2. The number of methoxy groups -OCH3 is 1. The van der Waals surface area contributed by atoms with Crippen LogP contribution in [0.4, 0.5) is 23.8 Å². The maximum Gasteiger partial charge on any atom is 0.416 e. The molecule has 0 atom stereocenters. The molecule has 31 heavy (non-hydrogen) atoms. The molecule has 2 amide bonds. The lowest BCUT2D eigenvalue weighted by Crippen LogP contribution is -2.34. The number of anilines is 1. The van der Waals surface area contributed by atoms with E-state index in [0.717, 1.165) is 23.1 Å². The number of amides is 2. The molecule has 0 fully saturated rings. The van der Waals surface area contributed by atoms with Crippen molar-refractivity contribution in [2.24, 2.45) is 0 Å². The summed E-state index contributed by atoms with van der Waals surface area (Å²) in [5, 5.41) is 10.9. The molecule has 9 nitrogen and oxygen atoms in total. The van der Waals surface area contributed by atoms with Gasteiger partial charge in [0.2, 0.25) is 0 Å². The molecule has 0 radical (unpaired) electrons. The number of ether oxygens (including phenoxy) is 1. The Morgan fingerprint density at radius 2 is 1.90 bits per heavy atom. The summed E-state index contributed by atoms with van der Waals surface area (Å²) in [6.07, 6.45) is -4.45. The number of sulfonamides is 1. The molecule has 3 N–H and O–H groups in total. The van der Waals surface area contributed by atoms with Crippen LogP contribution in [0.25, 0.3) is 0 Å². The number of carboxylic acids is 1. The molecule has 170 valence electrons. The van der Waals surface area contributed by atoms with Crippen molar-refractivity contribution in [3.05, 3.63) is 39.4 Å². The third-order valence-corrected chi connectivity index (χ3v) is 7.15. The van der Waals surface area contributed by atoms with E-state index in [0.29, 0.717) is 24.7 Å². The number of alkyl halides is 3. The van der Waals surface area contributed by atoms with Gasteiger partial charge in [0.1, 0.15) is 10.0 Å². The maximum atomic E-state index is 13.2. The minimum Gasteiger partial charge on any atom is -0.477 e. The molecule has 0 spiro atoms. The van der Waals surface area contributed by atoms with Crippen molar-refractivity contribution in [2.75, 3.05) is 19.0 Å². The molecule has 2 aromatic rings. The summed E-state index contributed by atoms with van der Waals surface area (Å²) in [6.45, 7) is 2.97. The van der Waals surface area contributed by atoms with Crippen LogP contribution in [-0.2, 0) is 27.4 Å². The van der Waals surface area contributed by atoms with Gasteiger partial charge in [0.15, 0.2) is 5.69 Å². The molecule has 0 saturated heterocycles. The van der Waals surface area contributed by atoms with Crippen molar-refractivity contribution < 1.29 is 41.0 Å². The van der Waals surface area contributed by atoms with Crippen LogP contribution in [0.5, 0.6) is 0 Å². The van der Waals surface area contributed by atoms with Gasteiger partial charge in [-0.05, 0) is 37.1 Å².